The average Bonchev–Trinajstić information content (AvgIpc) is 2.53. The van der Waals surface area contributed by atoms with Crippen LogP contribution in [0.4, 0.5) is 10.6 Å². The molecule has 0 aromatic carbocycles. The summed E-state index contributed by atoms with van der Waals surface area (Å²) in [6, 6.07) is 1.24. The fraction of sp³-hybridized carbons (Fsp3) is 0.615. The number of carbonyl (C=O) groups is 1. The lowest BCUT2D eigenvalue weighted by Crippen LogP contribution is -2.36. The zero-order valence-corrected chi connectivity index (χ0v) is 12.0. The summed E-state index contributed by atoms with van der Waals surface area (Å²) in [4.78, 5) is 23.3. The quantitative estimate of drug-likeness (QED) is 0.831. The molecular formula is C13H20N4O2. The summed E-state index contributed by atoms with van der Waals surface area (Å²) in [5, 5.41) is 10.1. The van der Waals surface area contributed by atoms with Gasteiger partial charge in [0, 0.05) is 18.5 Å². The molecule has 1 aromatic heterocycles. The Kier molecular flexibility index (Phi) is 3.22. The Hall–Kier alpha value is -1.69. The van der Waals surface area contributed by atoms with Gasteiger partial charge in [0.15, 0.2) is 6.23 Å². The second kappa shape index (κ2) is 4.45. The number of likely N-dealkylation sites (N-methyl/N-ethyl adjacent to an activating group) is 1. The first-order valence-electron chi connectivity index (χ1n) is 6.30. The number of nitrogens with zero attached hydrogens (tertiary/aromatic N) is 4. The summed E-state index contributed by atoms with van der Waals surface area (Å²) in [7, 11) is 1.67. The Morgan fingerprint density at radius 1 is 1.32 bits per heavy atom. The van der Waals surface area contributed by atoms with Crippen LogP contribution in [-0.2, 0) is 5.41 Å². The number of aromatic nitrogens is 2. The topological polar surface area (TPSA) is 69.6 Å². The molecule has 0 spiro atoms. The summed E-state index contributed by atoms with van der Waals surface area (Å²) in [5.74, 6) is 0.439. The number of hydrogen-bond acceptors (Lipinski definition) is 4. The second-order valence-electron chi connectivity index (χ2n) is 5.93. The largest absolute Gasteiger partial charge is 0.371 e. The number of rotatable bonds is 1. The van der Waals surface area contributed by atoms with E-state index >= 15 is 0 Å². The number of hydrogen-bond donors (Lipinski definition) is 1. The molecule has 2 heterocycles. The van der Waals surface area contributed by atoms with E-state index in [4.69, 9.17) is 0 Å². The van der Waals surface area contributed by atoms with Crippen LogP contribution in [-0.4, -0.2) is 45.3 Å². The molecule has 2 atom stereocenters. The third-order valence-electron chi connectivity index (χ3n) is 3.48. The lowest BCUT2D eigenvalue weighted by molar-refractivity contribution is 0.138. The number of aliphatic hydroxyl groups is 1. The predicted molar refractivity (Wildman–Crippen MR) is 71.8 cm³/mol. The molecule has 0 unspecified atom stereocenters. The Labute approximate surface area is 113 Å². The zero-order valence-electron chi connectivity index (χ0n) is 12.0. The molecule has 0 saturated carbocycles. The summed E-state index contributed by atoms with van der Waals surface area (Å²) in [6.07, 6.45) is 0.541. The van der Waals surface area contributed by atoms with Crippen LogP contribution in [0.1, 0.15) is 33.4 Å². The number of anilines is 1. The normalized spacial score (nSPS) is 24.2. The van der Waals surface area contributed by atoms with E-state index in [-0.39, 0.29) is 17.5 Å². The van der Waals surface area contributed by atoms with Gasteiger partial charge in [-0.3, -0.25) is 0 Å². The fourth-order valence-electron chi connectivity index (χ4n) is 2.00. The Morgan fingerprint density at radius 2 is 1.95 bits per heavy atom. The molecule has 0 aliphatic carbocycles. The minimum Gasteiger partial charge on any atom is -0.371 e. The Balaban J connectivity index is 2.40. The summed E-state index contributed by atoms with van der Waals surface area (Å²) in [6.45, 7) is 7.91. The van der Waals surface area contributed by atoms with Gasteiger partial charge in [-0.15, -0.1) is 0 Å². The van der Waals surface area contributed by atoms with E-state index in [1.165, 1.54) is 16.1 Å². The van der Waals surface area contributed by atoms with E-state index in [0.717, 1.165) is 5.69 Å². The second-order valence-corrected chi connectivity index (χ2v) is 5.93. The maximum Gasteiger partial charge on any atom is 0.328 e. The fourth-order valence-corrected chi connectivity index (χ4v) is 2.00. The molecule has 1 N–H and O–H groups in total. The van der Waals surface area contributed by atoms with Gasteiger partial charge in [-0.25, -0.2) is 19.7 Å². The van der Waals surface area contributed by atoms with Crippen molar-refractivity contribution in [3.05, 3.63) is 18.1 Å². The molecule has 1 aromatic rings. The van der Waals surface area contributed by atoms with Gasteiger partial charge in [-0.1, -0.05) is 20.8 Å². The van der Waals surface area contributed by atoms with Crippen LogP contribution in [0, 0.1) is 0 Å². The maximum atomic E-state index is 12.1. The monoisotopic (exact) mass is 264 g/mol. The van der Waals surface area contributed by atoms with Crippen LogP contribution >= 0.6 is 0 Å². The minimum atomic E-state index is -0.889. The lowest BCUT2D eigenvalue weighted by Gasteiger charge is -2.22. The Bertz CT molecular complexity index is 498. The number of aliphatic hydroxyl groups excluding tert-OH is 1. The Morgan fingerprint density at radius 3 is 2.42 bits per heavy atom. The third-order valence-corrected chi connectivity index (χ3v) is 3.48. The van der Waals surface area contributed by atoms with E-state index in [2.05, 4.69) is 9.97 Å². The molecule has 2 amide bonds. The van der Waals surface area contributed by atoms with E-state index in [1.54, 1.807) is 20.0 Å². The molecule has 19 heavy (non-hydrogen) atoms. The van der Waals surface area contributed by atoms with Crippen LogP contribution in [0.3, 0.4) is 0 Å². The third kappa shape index (κ3) is 2.28. The van der Waals surface area contributed by atoms with Crippen molar-refractivity contribution in [3.8, 4) is 0 Å². The summed E-state index contributed by atoms with van der Waals surface area (Å²) in [5.41, 5.74) is 0.697. The molecule has 6 nitrogen and oxygen atoms in total. The standard InChI is InChI=1S/C13H20N4O2/c1-8-11(18)17(12(19)16(8)5)10-6-9(13(2,3)4)14-7-15-10/h6-8,11,18H,1-5H3/t8-,11+/m0/s1. The number of urea groups is 1. The van der Waals surface area contributed by atoms with E-state index in [9.17, 15) is 9.90 Å². The highest BCUT2D eigenvalue weighted by Crippen LogP contribution is 2.28. The van der Waals surface area contributed by atoms with Crippen LogP contribution in [0.25, 0.3) is 0 Å². The molecule has 1 aliphatic heterocycles. The van der Waals surface area contributed by atoms with Gasteiger partial charge in [-0.05, 0) is 6.92 Å². The minimum absolute atomic E-state index is 0.136. The first kappa shape index (κ1) is 13.7. The van der Waals surface area contributed by atoms with Gasteiger partial charge < -0.3 is 10.0 Å². The van der Waals surface area contributed by atoms with Gasteiger partial charge >= 0.3 is 6.03 Å². The van der Waals surface area contributed by atoms with Crippen molar-refractivity contribution in [2.45, 2.75) is 45.4 Å². The van der Waals surface area contributed by atoms with Crippen molar-refractivity contribution in [1.29, 1.82) is 0 Å². The highest BCUT2D eigenvalue weighted by molar-refractivity contribution is 5.94. The molecule has 2 rings (SSSR count). The smallest absolute Gasteiger partial charge is 0.328 e. The van der Waals surface area contributed by atoms with Crippen molar-refractivity contribution < 1.29 is 9.90 Å². The van der Waals surface area contributed by atoms with Crippen molar-refractivity contribution in [2.75, 3.05) is 11.9 Å². The summed E-state index contributed by atoms with van der Waals surface area (Å²) >= 11 is 0. The molecule has 104 valence electrons. The lowest BCUT2D eigenvalue weighted by atomic mass is 9.92. The summed E-state index contributed by atoms with van der Waals surface area (Å²) < 4.78 is 0. The highest BCUT2D eigenvalue weighted by Gasteiger charge is 2.42. The molecule has 0 bridgehead atoms. The van der Waals surface area contributed by atoms with Gasteiger partial charge in [-0.2, -0.15) is 0 Å². The van der Waals surface area contributed by atoms with Gasteiger partial charge in [0.05, 0.1) is 11.7 Å². The molecule has 1 saturated heterocycles. The van der Waals surface area contributed by atoms with Gasteiger partial charge in [0.25, 0.3) is 0 Å². The van der Waals surface area contributed by atoms with Gasteiger partial charge in [0.1, 0.15) is 12.1 Å². The van der Waals surface area contributed by atoms with Crippen LogP contribution in [0.5, 0.6) is 0 Å². The first-order chi connectivity index (χ1) is 8.73. The van der Waals surface area contributed by atoms with E-state index < -0.39 is 6.23 Å². The van der Waals surface area contributed by atoms with Crippen molar-refractivity contribution in [2.24, 2.45) is 0 Å². The SMILES string of the molecule is C[C@H]1[C@@H](O)N(c2cc(C(C)(C)C)ncn2)C(=O)N1C. The molecule has 1 fully saturated rings. The molecular weight excluding hydrogens is 244 g/mol. The van der Waals surface area contributed by atoms with Crippen LogP contribution in [0.2, 0.25) is 0 Å². The van der Waals surface area contributed by atoms with Crippen molar-refractivity contribution >= 4 is 11.8 Å². The average molecular weight is 264 g/mol. The van der Waals surface area contributed by atoms with E-state index in [1.807, 2.05) is 20.8 Å². The molecule has 6 heteroatoms. The molecule has 0 radical (unpaired) electrons. The van der Waals surface area contributed by atoms with Crippen LogP contribution < -0.4 is 4.90 Å². The van der Waals surface area contributed by atoms with Crippen molar-refractivity contribution in [3.63, 3.8) is 0 Å². The molecule has 1 aliphatic rings. The predicted octanol–water partition coefficient (Wildman–Crippen LogP) is 1.35. The van der Waals surface area contributed by atoms with Gasteiger partial charge in [0.2, 0.25) is 0 Å². The van der Waals surface area contributed by atoms with Crippen LogP contribution in [0.15, 0.2) is 12.4 Å². The number of amides is 2. The highest BCUT2D eigenvalue weighted by atomic mass is 16.3. The first-order valence-corrected chi connectivity index (χ1v) is 6.30. The number of carbonyl (C=O) groups excluding carboxylic acids is 1. The van der Waals surface area contributed by atoms with E-state index in [0.29, 0.717) is 5.82 Å². The zero-order chi connectivity index (χ0) is 14.4. The van der Waals surface area contributed by atoms with Crippen molar-refractivity contribution in [1.82, 2.24) is 14.9 Å². The maximum absolute atomic E-state index is 12.1.